The number of aliphatic carboxylic acids is 1. The van der Waals surface area contributed by atoms with Gasteiger partial charge in [-0.05, 0) is 38.5 Å². The van der Waals surface area contributed by atoms with E-state index in [2.05, 4.69) is 0 Å². The molecular weight excluding hydrogens is 342 g/mol. The van der Waals surface area contributed by atoms with Crippen molar-refractivity contribution in [3.8, 4) is 0 Å². The van der Waals surface area contributed by atoms with Gasteiger partial charge in [-0.2, -0.15) is 13.2 Å². The summed E-state index contributed by atoms with van der Waals surface area (Å²) >= 11 is 0. The highest BCUT2D eigenvalue weighted by atomic mass is 32.2. The van der Waals surface area contributed by atoms with E-state index >= 15 is 0 Å². The minimum Gasteiger partial charge on any atom is -0.481 e. The fourth-order valence-electron chi connectivity index (χ4n) is 1.85. The maximum atomic E-state index is 13.0. The minimum absolute atomic E-state index is 0.0960. The molecule has 0 fully saturated rings. The predicted molar refractivity (Wildman–Crippen MR) is 72.7 cm³/mol. The molecular formula is C13H15F4NO4S. The first-order valence-electron chi connectivity index (χ1n) is 6.37. The zero-order valence-electron chi connectivity index (χ0n) is 12.2. The average molecular weight is 357 g/mol. The largest absolute Gasteiger partial charge is 0.481 e. The summed E-state index contributed by atoms with van der Waals surface area (Å²) in [7, 11) is -4.63. The van der Waals surface area contributed by atoms with Crippen LogP contribution < -0.4 is 4.72 Å². The second-order valence-corrected chi connectivity index (χ2v) is 7.17. The molecule has 10 heteroatoms. The molecule has 130 valence electrons. The Balaban J connectivity index is 3.22. The molecule has 0 aliphatic carbocycles. The standard InChI is InChI=1S/C13H15F4NO4S/c1-12(2,6-5-11(19)20)18-23(21,22)10-4-3-8(14)7-9(10)13(15,16)17/h3-4,7,18H,5-6H2,1-2H3,(H,19,20). The third-order valence-corrected chi connectivity index (χ3v) is 4.67. The van der Waals surface area contributed by atoms with Crippen LogP contribution in [0.25, 0.3) is 0 Å². The van der Waals surface area contributed by atoms with E-state index in [1.807, 2.05) is 4.72 Å². The Labute approximate surface area is 130 Å². The van der Waals surface area contributed by atoms with Crippen molar-refractivity contribution in [3.63, 3.8) is 0 Å². The molecule has 0 saturated carbocycles. The van der Waals surface area contributed by atoms with Gasteiger partial charge in [-0.15, -0.1) is 0 Å². The van der Waals surface area contributed by atoms with Gasteiger partial charge in [0.15, 0.2) is 0 Å². The summed E-state index contributed by atoms with van der Waals surface area (Å²) in [4.78, 5) is 9.42. The molecule has 0 aliphatic heterocycles. The average Bonchev–Trinajstić information content (AvgIpc) is 2.34. The number of sulfonamides is 1. The Morgan fingerprint density at radius 2 is 1.83 bits per heavy atom. The summed E-state index contributed by atoms with van der Waals surface area (Å²) in [6.45, 7) is 2.68. The van der Waals surface area contributed by atoms with Crippen LogP contribution >= 0.6 is 0 Å². The van der Waals surface area contributed by atoms with Crippen LogP contribution in [-0.4, -0.2) is 25.0 Å². The van der Waals surface area contributed by atoms with E-state index in [1.165, 1.54) is 13.8 Å². The molecule has 0 unspecified atom stereocenters. The highest BCUT2D eigenvalue weighted by molar-refractivity contribution is 7.89. The lowest BCUT2D eigenvalue weighted by Crippen LogP contribution is -2.44. The summed E-state index contributed by atoms with van der Waals surface area (Å²) in [5.41, 5.74) is -2.92. The van der Waals surface area contributed by atoms with Crippen molar-refractivity contribution in [3.05, 3.63) is 29.6 Å². The van der Waals surface area contributed by atoms with E-state index in [9.17, 15) is 30.8 Å². The lowest BCUT2D eigenvalue weighted by Gasteiger charge is -2.26. The molecule has 0 aromatic heterocycles. The molecule has 0 spiro atoms. The lowest BCUT2D eigenvalue weighted by atomic mass is 10.0. The van der Waals surface area contributed by atoms with Gasteiger partial charge in [0.05, 0.1) is 10.5 Å². The SMILES string of the molecule is CC(C)(CCC(=O)O)NS(=O)(=O)c1ccc(F)cc1C(F)(F)F. The van der Waals surface area contributed by atoms with Crippen LogP contribution in [0, 0.1) is 5.82 Å². The van der Waals surface area contributed by atoms with Gasteiger partial charge in [0.2, 0.25) is 10.0 Å². The fourth-order valence-corrected chi connectivity index (χ4v) is 3.50. The highest BCUT2D eigenvalue weighted by Gasteiger charge is 2.39. The van der Waals surface area contributed by atoms with E-state index in [4.69, 9.17) is 5.11 Å². The fraction of sp³-hybridized carbons (Fsp3) is 0.462. The second kappa shape index (κ2) is 6.44. The molecule has 2 N–H and O–H groups in total. The van der Waals surface area contributed by atoms with Crippen molar-refractivity contribution in [1.29, 1.82) is 0 Å². The monoisotopic (exact) mass is 357 g/mol. The number of carboxylic acid groups (broad SMARTS) is 1. The molecule has 23 heavy (non-hydrogen) atoms. The Hall–Kier alpha value is -1.68. The first kappa shape index (κ1) is 19.4. The molecule has 1 aromatic carbocycles. The molecule has 0 amide bonds. The molecule has 0 aliphatic rings. The molecule has 0 radical (unpaired) electrons. The number of carbonyl (C=O) groups is 1. The van der Waals surface area contributed by atoms with Gasteiger partial charge in [-0.1, -0.05) is 0 Å². The Bertz CT molecular complexity index is 698. The van der Waals surface area contributed by atoms with E-state index in [0.717, 1.165) is 0 Å². The summed E-state index contributed by atoms with van der Waals surface area (Å²) in [6.07, 6.45) is -5.56. The van der Waals surface area contributed by atoms with Gasteiger partial charge in [-0.3, -0.25) is 4.79 Å². The number of nitrogens with one attached hydrogen (secondary N) is 1. The van der Waals surface area contributed by atoms with Gasteiger partial charge in [0.1, 0.15) is 5.82 Å². The maximum Gasteiger partial charge on any atom is 0.417 e. The number of rotatable bonds is 6. The molecule has 0 bridgehead atoms. The van der Waals surface area contributed by atoms with Gasteiger partial charge < -0.3 is 5.11 Å². The third kappa shape index (κ3) is 5.47. The second-order valence-electron chi connectivity index (χ2n) is 5.52. The van der Waals surface area contributed by atoms with Crippen molar-refractivity contribution in [2.45, 2.75) is 43.3 Å². The quantitative estimate of drug-likeness (QED) is 0.767. The maximum absolute atomic E-state index is 13.0. The van der Waals surface area contributed by atoms with Crippen LogP contribution in [0.15, 0.2) is 23.1 Å². The van der Waals surface area contributed by atoms with Crippen molar-refractivity contribution in [2.24, 2.45) is 0 Å². The Kier molecular flexibility index (Phi) is 5.42. The van der Waals surface area contributed by atoms with E-state index in [-0.39, 0.29) is 18.9 Å². The van der Waals surface area contributed by atoms with Gasteiger partial charge >= 0.3 is 12.1 Å². The molecule has 0 heterocycles. The highest BCUT2D eigenvalue weighted by Crippen LogP contribution is 2.35. The topological polar surface area (TPSA) is 83.5 Å². The molecule has 1 aromatic rings. The molecule has 5 nitrogen and oxygen atoms in total. The zero-order chi connectivity index (χ0) is 18.1. The number of alkyl halides is 3. The first-order valence-corrected chi connectivity index (χ1v) is 7.85. The van der Waals surface area contributed by atoms with E-state index < -0.39 is 44.0 Å². The van der Waals surface area contributed by atoms with Crippen LogP contribution in [0.2, 0.25) is 0 Å². The summed E-state index contributed by atoms with van der Waals surface area (Å²) in [5.74, 6) is -2.39. The van der Waals surface area contributed by atoms with Crippen molar-refractivity contribution in [2.75, 3.05) is 0 Å². The summed E-state index contributed by atoms with van der Waals surface area (Å²) < 4.78 is 78.2. The number of carboxylic acids is 1. The normalized spacial score (nSPS) is 13.1. The van der Waals surface area contributed by atoms with Crippen LogP contribution in [-0.2, 0) is 21.0 Å². The summed E-state index contributed by atoms with van der Waals surface area (Å²) in [6, 6.07) is 1.22. The first-order chi connectivity index (χ1) is 10.2. The summed E-state index contributed by atoms with van der Waals surface area (Å²) in [5, 5.41) is 8.61. The van der Waals surface area contributed by atoms with Crippen molar-refractivity contribution < 1.29 is 35.9 Å². The smallest absolute Gasteiger partial charge is 0.417 e. The number of benzene rings is 1. The van der Waals surface area contributed by atoms with Gasteiger partial charge in [0, 0.05) is 12.0 Å². The Morgan fingerprint density at radius 3 is 2.30 bits per heavy atom. The predicted octanol–water partition coefficient (Wildman–Crippen LogP) is 2.77. The van der Waals surface area contributed by atoms with E-state index in [1.54, 1.807) is 0 Å². The molecule has 1 rings (SSSR count). The lowest BCUT2D eigenvalue weighted by molar-refractivity contribution is -0.140. The number of halogens is 4. The number of hydrogen-bond donors (Lipinski definition) is 2. The minimum atomic E-state index is -5.06. The van der Waals surface area contributed by atoms with Crippen LogP contribution in [0.4, 0.5) is 17.6 Å². The Morgan fingerprint density at radius 1 is 1.26 bits per heavy atom. The van der Waals surface area contributed by atoms with Gasteiger partial charge in [0.25, 0.3) is 0 Å². The zero-order valence-corrected chi connectivity index (χ0v) is 13.1. The van der Waals surface area contributed by atoms with Crippen molar-refractivity contribution >= 4 is 16.0 Å². The molecule has 0 saturated heterocycles. The van der Waals surface area contributed by atoms with E-state index in [0.29, 0.717) is 12.1 Å². The third-order valence-electron chi connectivity index (χ3n) is 2.91. The van der Waals surface area contributed by atoms with Gasteiger partial charge in [-0.25, -0.2) is 17.5 Å². The van der Waals surface area contributed by atoms with Crippen LogP contribution in [0.1, 0.15) is 32.3 Å². The van der Waals surface area contributed by atoms with Crippen LogP contribution in [0.5, 0.6) is 0 Å². The molecule has 0 atom stereocenters. The number of hydrogen-bond acceptors (Lipinski definition) is 3. The van der Waals surface area contributed by atoms with Crippen molar-refractivity contribution in [1.82, 2.24) is 4.72 Å². The van der Waals surface area contributed by atoms with Crippen LogP contribution in [0.3, 0.4) is 0 Å².